The minimum absolute atomic E-state index is 0.0556. The summed E-state index contributed by atoms with van der Waals surface area (Å²) in [5, 5.41) is 3.39. The summed E-state index contributed by atoms with van der Waals surface area (Å²) in [4.78, 5) is 0. The summed E-state index contributed by atoms with van der Waals surface area (Å²) in [7, 11) is 0. The average molecular weight is 229 g/mol. The maximum absolute atomic E-state index is 6.27. The predicted molar refractivity (Wildman–Crippen MR) is 70.4 cm³/mol. The molecule has 0 radical (unpaired) electrons. The average Bonchev–Trinajstić information content (AvgIpc) is 2.33. The van der Waals surface area contributed by atoms with Crippen molar-refractivity contribution in [3.63, 3.8) is 0 Å². The van der Waals surface area contributed by atoms with Gasteiger partial charge in [0.25, 0.3) is 0 Å². The molecule has 0 unspecified atom stereocenters. The van der Waals surface area contributed by atoms with E-state index in [4.69, 9.17) is 4.74 Å². The van der Waals surface area contributed by atoms with E-state index in [1.54, 1.807) is 0 Å². The van der Waals surface area contributed by atoms with Gasteiger partial charge in [-0.2, -0.15) is 0 Å². The number of ether oxygens (including phenoxy) is 1. The zero-order chi connectivity index (χ0) is 11.9. The van der Waals surface area contributed by atoms with Gasteiger partial charge in [-0.3, -0.25) is 0 Å². The molecule has 1 fully saturated rings. The van der Waals surface area contributed by atoms with Crippen molar-refractivity contribution < 1.29 is 4.74 Å². The van der Waals surface area contributed by atoms with Gasteiger partial charge in [0, 0.05) is 18.4 Å². The fourth-order valence-electron chi connectivity index (χ4n) is 2.64. The second-order valence-electron chi connectivity index (χ2n) is 5.22. The number of aryl methyl sites for hydroxylation is 2. The van der Waals surface area contributed by atoms with E-state index < -0.39 is 0 Å². The highest BCUT2D eigenvalue weighted by molar-refractivity contribution is 5.63. The Labute approximate surface area is 103 Å². The van der Waals surface area contributed by atoms with Gasteiger partial charge in [0.15, 0.2) is 0 Å². The van der Waals surface area contributed by atoms with E-state index in [-0.39, 0.29) is 5.60 Å². The Morgan fingerprint density at radius 2 is 1.82 bits per heavy atom. The van der Waals surface area contributed by atoms with Crippen LogP contribution in [0, 0.1) is 13.8 Å². The zero-order valence-electron chi connectivity index (χ0n) is 10.5. The van der Waals surface area contributed by atoms with Crippen molar-refractivity contribution in [2.45, 2.75) is 32.3 Å². The quantitative estimate of drug-likeness (QED) is 0.738. The van der Waals surface area contributed by atoms with Crippen molar-refractivity contribution in [3.8, 4) is 5.75 Å². The topological polar surface area (TPSA) is 21.3 Å². The van der Waals surface area contributed by atoms with E-state index in [0.717, 1.165) is 31.7 Å². The lowest BCUT2D eigenvalue weighted by atomic mass is 9.88. The van der Waals surface area contributed by atoms with Crippen LogP contribution in [0.5, 0.6) is 5.75 Å². The van der Waals surface area contributed by atoms with Crippen LogP contribution in [0.15, 0.2) is 18.2 Å². The normalized spacial score (nSPS) is 21.1. The molecule has 3 rings (SSSR count). The largest absolute Gasteiger partial charge is 0.482 e. The number of nitrogens with one attached hydrogen (secondary N) is 1. The predicted octanol–water partition coefficient (Wildman–Crippen LogP) is 2.83. The molecule has 0 aromatic heterocycles. The van der Waals surface area contributed by atoms with Gasteiger partial charge < -0.3 is 10.1 Å². The number of fused-ring (bicyclic) bond motifs is 1. The van der Waals surface area contributed by atoms with Crippen LogP contribution < -0.4 is 10.1 Å². The number of rotatable bonds is 0. The first-order valence-electron chi connectivity index (χ1n) is 6.39. The number of hydrogen-bond acceptors (Lipinski definition) is 2. The molecular formula is C15H19NO. The monoisotopic (exact) mass is 229 g/mol. The molecule has 1 spiro atoms. The Morgan fingerprint density at radius 1 is 1.12 bits per heavy atom. The molecule has 0 atom stereocenters. The fraction of sp³-hybridized carbons (Fsp3) is 0.467. The van der Waals surface area contributed by atoms with Crippen LogP contribution in [0.4, 0.5) is 0 Å². The van der Waals surface area contributed by atoms with Gasteiger partial charge in [-0.15, -0.1) is 0 Å². The third kappa shape index (κ3) is 1.87. The second kappa shape index (κ2) is 3.88. The number of piperidine rings is 1. The Balaban J connectivity index is 1.97. The van der Waals surface area contributed by atoms with Crippen LogP contribution in [0.3, 0.4) is 0 Å². The highest BCUT2D eigenvalue weighted by atomic mass is 16.5. The van der Waals surface area contributed by atoms with E-state index in [1.165, 1.54) is 16.7 Å². The first-order chi connectivity index (χ1) is 8.19. The molecule has 2 heteroatoms. The van der Waals surface area contributed by atoms with Gasteiger partial charge in [0.05, 0.1) is 0 Å². The molecule has 0 saturated carbocycles. The lowest BCUT2D eigenvalue weighted by molar-refractivity contribution is 0.0822. The molecule has 0 aliphatic carbocycles. The lowest BCUT2D eigenvalue weighted by Crippen LogP contribution is -2.45. The van der Waals surface area contributed by atoms with Crippen LogP contribution in [-0.2, 0) is 0 Å². The first kappa shape index (κ1) is 10.8. The molecule has 2 nitrogen and oxygen atoms in total. The van der Waals surface area contributed by atoms with Gasteiger partial charge in [0.1, 0.15) is 11.4 Å². The molecule has 2 aliphatic rings. The van der Waals surface area contributed by atoms with Crippen molar-refractivity contribution in [1.29, 1.82) is 0 Å². The van der Waals surface area contributed by atoms with Crippen LogP contribution in [-0.4, -0.2) is 18.7 Å². The Bertz CT molecular complexity index is 470. The van der Waals surface area contributed by atoms with E-state index in [1.807, 2.05) is 0 Å². The minimum atomic E-state index is -0.0556. The van der Waals surface area contributed by atoms with Crippen molar-refractivity contribution in [2.75, 3.05) is 13.1 Å². The highest BCUT2D eigenvalue weighted by Gasteiger charge is 2.34. The summed E-state index contributed by atoms with van der Waals surface area (Å²) >= 11 is 0. The fourth-order valence-corrected chi connectivity index (χ4v) is 2.64. The van der Waals surface area contributed by atoms with Crippen molar-refractivity contribution in [2.24, 2.45) is 0 Å². The summed E-state index contributed by atoms with van der Waals surface area (Å²) in [5.41, 5.74) is 3.80. The van der Waals surface area contributed by atoms with Crippen molar-refractivity contribution in [1.82, 2.24) is 5.32 Å². The van der Waals surface area contributed by atoms with Gasteiger partial charge in [-0.25, -0.2) is 0 Å². The van der Waals surface area contributed by atoms with Crippen LogP contribution in [0.25, 0.3) is 6.08 Å². The maximum atomic E-state index is 6.27. The molecule has 1 N–H and O–H groups in total. The highest BCUT2D eigenvalue weighted by Crippen LogP contribution is 2.36. The third-order valence-corrected chi connectivity index (χ3v) is 3.96. The molecule has 0 amide bonds. The van der Waals surface area contributed by atoms with Crippen LogP contribution in [0.2, 0.25) is 0 Å². The SMILES string of the molecule is Cc1cc2c(cc1C)OC1(C=C2)CCNCC1. The van der Waals surface area contributed by atoms with Crippen LogP contribution in [0.1, 0.15) is 29.5 Å². The summed E-state index contributed by atoms with van der Waals surface area (Å²) in [5.74, 6) is 1.05. The molecule has 1 aromatic rings. The third-order valence-electron chi connectivity index (χ3n) is 3.96. The Morgan fingerprint density at radius 3 is 2.59 bits per heavy atom. The minimum Gasteiger partial charge on any atom is -0.482 e. The van der Waals surface area contributed by atoms with Gasteiger partial charge in [0.2, 0.25) is 0 Å². The Kier molecular flexibility index (Phi) is 2.48. The van der Waals surface area contributed by atoms with Crippen LogP contribution >= 0.6 is 0 Å². The number of benzene rings is 1. The van der Waals surface area contributed by atoms with E-state index in [9.17, 15) is 0 Å². The second-order valence-corrected chi connectivity index (χ2v) is 5.22. The lowest BCUT2D eigenvalue weighted by Gasteiger charge is -2.38. The molecular weight excluding hydrogens is 210 g/mol. The van der Waals surface area contributed by atoms with E-state index in [2.05, 4.69) is 43.4 Å². The van der Waals surface area contributed by atoms with Crippen molar-refractivity contribution >= 4 is 6.08 Å². The molecule has 90 valence electrons. The van der Waals surface area contributed by atoms with Gasteiger partial charge in [-0.05, 0) is 56.3 Å². The standard InChI is InChI=1S/C15H19NO/c1-11-9-13-3-4-15(5-7-16-8-6-15)17-14(13)10-12(11)2/h3-4,9-10,16H,5-8H2,1-2H3. The first-order valence-corrected chi connectivity index (χ1v) is 6.39. The summed E-state index contributed by atoms with van der Waals surface area (Å²) in [6.07, 6.45) is 6.62. The van der Waals surface area contributed by atoms with Gasteiger partial charge in [-0.1, -0.05) is 6.08 Å². The molecule has 2 aliphatic heterocycles. The molecule has 17 heavy (non-hydrogen) atoms. The molecule has 1 aromatic carbocycles. The maximum Gasteiger partial charge on any atom is 0.130 e. The smallest absolute Gasteiger partial charge is 0.130 e. The zero-order valence-corrected chi connectivity index (χ0v) is 10.5. The summed E-state index contributed by atoms with van der Waals surface area (Å²) < 4.78 is 6.27. The van der Waals surface area contributed by atoms with E-state index >= 15 is 0 Å². The number of hydrogen-bond donors (Lipinski definition) is 1. The molecule has 1 saturated heterocycles. The van der Waals surface area contributed by atoms with Crippen molar-refractivity contribution in [3.05, 3.63) is 34.9 Å². The molecule has 0 bridgehead atoms. The summed E-state index contributed by atoms with van der Waals surface area (Å²) in [6, 6.07) is 4.40. The summed E-state index contributed by atoms with van der Waals surface area (Å²) in [6.45, 7) is 6.39. The van der Waals surface area contributed by atoms with E-state index in [0.29, 0.717) is 0 Å². The Hall–Kier alpha value is -1.28. The van der Waals surface area contributed by atoms with Gasteiger partial charge >= 0.3 is 0 Å². The molecule has 2 heterocycles.